The van der Waals surface area contributed by atoms with Gasteiger partial charge in [-0.25, -0.2) is 4.98 Å². The molecule has 4 nitrogen and oxygen atoms in total. The minimum absolute atomic E-state index is 0.135. The third kappa shape index (κ3) is 4.25. The fourth-order valence-corrected chi connectivity index (χ4v) is 2.61. The predicted molar refractivity (Wildman–Crippen MR) is 71.1 cm³/mol. The number of alkyl halides is 3. The molecule has 1 saturated carbocycles. The maximum absolute atomic E-state index is 12.6. The standard InChI is InChI=1S/C13H19F3N4/c14-13(15,16)10-8-11(20-12(17)19-10)18-7-3-6-9-4-1-2-5-9/h8-9H,1-7H2,(H3,17,18,19,20). The molecule has 2 rings (SSSR count). The molecular formula is C13H19F3N4. The van der Waals surface area contributed by atoms with Crippen molar-refractivity contribution in [2.75, 3.05) is 17.6 Å². The molecular weight excluding hydrogens is 269 g/mol. The molecule has 0 aliphatic heterocycles. The van der Waals surface area contributed by atoms with Crippen molar-refractivity contribution in [2.45, 2.75) is 44.7 Å². The third-order valence-corrected chi connectivity index (χ3v) is 3.60. The lowest BCUT2D eigenvalue weighted by molar-refractivity contribution is -0.141. The van der Waals surface area contributed by atoms with Crippen LogP contribution in [0.3, 0.4) is 0 Å². The number of hydrogen-bond donors (Lipinski definition) is 2. The van der Waals surface area contributed by atoms with E-state index in [1.165, 1.54) is 25.7 Å². The number of hydrogen-bond acceptors (Lipinski definition) is 4. The molecule has 1 heterocycles. The van der Waals surface area contributed by atoms with Gasteiger partial charge in [0.05, 0.1) is 0 Å². The van der Waals surface area contributed by atoms with Crippen molar-refractivity contribution >= 4 is 11.8 Å². The van der Waals surface area contributed by atoms with Crippen LogP contribution in [0.25, 0.3) is 0 Å². The lowest BCUT2D eigenvalue weighted by Gasteiger charge is -2.11. The molecule has 0 amide bonds. The molecule has 0 bridgehead atoms. The topological polar surface area (TPSA) is 63.8 Å². The maximum Gasteiger partial charge on any atom is 0.433 e. The summed E-state index contributed by atoms with van der Waals surface area (Å²) in [5, 5.41) is 2.89. The molecule has 1 aliphatic rings. The Morgan fingerprint density at radius 1 is 1.25 bits per heavy atom. The minimum atomic E-state index is -4.50. The molecule has 0 unspecified atom stereocenters. The van der Waals surface area contributed by atoms with Gasteiger partial charge >= 0.3 is 6.18 Å². The summed E-state index contributed by atoms with van der Waals surface area (Å²) in [5.74, 6) is 0.548. The second-order valence-electron chi connectivity index (χ2n) is 5.21. The largest absolute Gasteiger partial charge is 0.433 e. The predicted octanol–water partition coefficient (Wildman–Crippen LogP) is 3.46. The number of aromatic nitrogens is 2. The summed E-state index contributed by atoms with van der Waals surface area (Å²) in [6.07, 6.45) is 2.69. The van der Waals surface area contributed by atoms with E-state index in [1.807, 2.05) is 0 Å². The number of nitrogens with one attached hydrogen (secondary N) is 1. The van der Waals surface area contributed by atoms with E-state index >= 15 is 0 Å². The van der Waals surface area contributed by atoms with Gasteiger partial charge in [0.25, 0.3) is 0 Å². The highest BCUT2D eigenvalue weighted by Gasteiger charge is 2.33. The summed E-state index contributed by atoms with van der Waals surface area (Å²) in [7, 11) is 0. The summed E-state index contributed by atoms with van der Waals surface area (Å²) in [4.78, 5) is 6.97. The van der Waals surface area contributed by atoms with Crippen molar-refractivity contribution < 1.29 is 13.2 Å². The van der Waals surface area contributed by atoms with Crippen molar-refractivity contribution in [2.24, 2.45) is 5.92 Å². The first kappa shape index (κ1) is 14.9. The highest BCUT2D eigenvalue weighted by Crippen LogP contribution is 2.30. The summed E-state index contributed by atoms with van der Waals surface area (Å²) in [5.41, 5.74) is 4.29. The average Bonchev–Trinajstić information content (AvgIpc) is 2.86. The zero-order valence-corrected chi connectivity index (χ0v) is 11.2. The molecule has 0 saturated heterocycles. The number of nitrogens with two attached hydrogens (primary N) is 1. The van der Waals surface area contributed by atoms with E-state index in [-0.39, 0.29) is 11.8 Å². The smallest absolute Gasteiger partial charge is 0.370 e. The Balaban J connectivity index is 1.84. The normalized spacial score (nSPS) is 16.6. The Hall–Kier alpha value is -1.53. The van der Waals surface area contributed by atoms with Crippen LogP contribution in [0.1, 0.15) is 44.2 Å². The summed E-state index contributed by atoms with van der Waals surface area (Å²) < 4.78 is 37.7. The van der Waals surface area contributed by atoms with Gasteiger partial charge in [0.2, 0.25) is 5.95 Å². The fourth-order valence-electron chi connectivity index (χ4n) is 2.61. The van der Waals surface area contributed by atoms with Gasteiger partial charge in [0, 0.05) is 12.6 Å². The van der Waals surface area contributed by atoms with Crippen molar-refractivity contribution in [1.29, 1.82) is 0 Å². The van der Waals surface area contributed by atoms with E-state index in [2.05, 4.69) is 15.3 Å². The average molecular weight is 288 g/mol. The van der Waals surface area contributed by atoms with Crippen molar-refractivity contribution in [3.63, 3.8) is 0 Å². The zero-order chi connectivity index (χ0) is 14.6. The van der Waals surface area contributed by atoms with Crippen LogP contribution in [-0.4, -0.2) is 16.5 Å². The Bertz CT molecular complexity index is 442. The zero-order valence-electron chi connectivity index (χ0n) is 11.2. The fraction of sp³-hybridized carbons (Fsp3) is 0.692. The van der Waals surface area contributed by atoms with Crippen LogP contribution in [0.15, 0.2) is 6.07 Å². The van der Waals surface area contributed by atoms with Crippen LogP contribution in [-0.2, 0) is 6.18 Å². The van der Waals surface area contributed by atoms with Crippen LogP contribution >= 0.6 is 0 Å². The summed E-state index contributed by atoms with van der Waals surface area (Å²) in [6, 6.07) is 0.895. The maximum atomic E-state index is 12.6. The molecule has 1 aliphatic carbocycles. The van der Waals surface area contributed by atoms with E-state index in [1.54, 1.807) is 0 Å². The monoisotopic (exact) mass is 288 g/mol. The lowest BCUT2D eigenvalue weighted by atomic mass is 10.0. The van der Waals surface area contributed by atoms with Crippen molar-refractivity contribution in [3.05, 3.63) is 11.8 Å². The van der Waals surface area contributed by atoms with Crippen LogP contribution in [0, 0.1) is 5.92 Å². The molecule has 3 N–H and O–H groups in total. The molecule has 1 aromatic rings. The van der Waals surface area contributed by atoms with Gasteiger partial charge in [-0.3, -0.25) is 0 Å². The van der Waals surface area contributed by atoms with Crippen LogP contribution in [0.4, 0.5) is 24.9 Å². The SMILES string of the molecule is Nc1nc(NCCCC2CCCC2)cc(C(F)(F)F)n1. The van der Waals surface area contributed by atoms with Crippen LogP contribution in [0.2, 0.25) is 0 Å². The van der Waals surface area contributed by atoms with E-state index in [4.69, 9.17) is 5.73 Å². The molecule has 0 spiro atoms. The number of halogens is 3. The van der Waals surface area contributed by atoms with Gasteiger partial charge in [-0.2, -0.15) is 18.2 Å². The first-order chi connectivity index (χ1) is 9.45. The van der Waals surface area contributed by atoms with Gasteiger partial charge in [-0.15, -0.1) is 0 Å². The Morgan fingerprint density at radius 2 is 1.95 bits per heavy atom. The third-order valence-electron chi connectivity index (χ3n) is 3.60. The molecule has 112 valence electrons. The lowest BCUT2D eigenvalue weighted by Crippen LogP contribution is -2.13. The van der Waals surface area contributed by atoms with Gasteiger partial charge in [0.15, 0.2) is 5.69 Å². The Labute approximate surface area is 116 Å². The second kappa shape index (κ2) is 6.28. The minimum Gasteiger partial charge on any atom is -0.370 e. The van der Waals surface area contributed by atoms with E-state index < -0.39 is 11.9 Å². The van der Waals surface area contributed by atoms with Gasteiger partial charge in [-0.1, -0.05) is 25.7 Å². The highest BCUT2D eigenvalue weighted by molar-refractivity contribution is 5.41. The number of nitrogen functional groups attached to an aromatic ring is 1. The molecule has 1 aromatic heterocycles. The molecule has 0 atom stereocenters. The van der Waals surface area contributed by atoms with E-state index in [0.717, 1.165) is 24.8 Å². The van der Waals surface area contributed by atoms with Gasteiger partial charge < -0.3 is 11.1 Å². The van der Waals surface area contributed by atoms with Crippen LogP contribution in [0.5, 0.6) is 0 Å². The quantitative estimate of drug-likeness (QED) is 0.814. The molecule has 20 heavy (non-hydrogen) atoms. The first-order valence-electron chi connectivity index (χ1n) is 6.91. The second-order valence-corrected chi connectivity index (χ2v) is 5.21. The molecule has 7 heteroatoms. The number of anilines is 2. The van der Waals surface area contributed by atoms with E-state index in [0.29, 0.717) is 6.54 Å². The van der Waals surface area contributed by atoms with Gasteiger partial charge in [0.1, 0.15) is 5.82 Å². The Morgan fingerprint density at radius 3 is 2.60 bits per heavy atom. The number of rotatable bonds is 5. The summed E-state index contributed by atoms with van der Waals surface area (Å²) >= 11 is 0. The van der Waals surface area contributed by atoms with Crippen molar-refractivity contribution in [3.8, 4) is 0 Å². The van der Waals surface area contributed by atoms with Crippen molar-refractivity contribution in [1.82, 2.24) is 9.97 Å². The first-order valence-corrected chi connectivity index (χ1v) is 6.91. The molecule has 0 aromatic carbocycles. The van der Waals surface area contributed by atoms with Crippen LogP contribution < -0.4 is 11.1 Å². The van der Waals surface area contributed by atoms with E-state index in [9.17, 15) is 13.2 Å². The Kier molecular flexibility index (Phi) is 4.67. The summed E-state index contributed by atoms with van der Waals surface area (Å²) in [6.45, 7) is 0.601. The molecule has 0 radical (unpaired) electrons. The highest BCUT2D eigenvalue weighted by atomic mass is 19.4. The van der Waals surface area contributed by atoms with Gasteiger partial charge in [-0.05, 0) is 18.8 Å². The molecule has 1 fully saturated rings. The number of nitrogens with zero attached hydrogens (tertiary/aromatic N) is 2.